The monoisotopic (exact) mass is 401 g/mol. The molecule has 2 aliphatic carbocycles. The van der Waals surface area contributed by atoms with Crippen LogP contribution in [0.3, 0.4) is 0 Å². The van der Waals surface area contributed by atoms with Crippen molar-refractivity contribution in [1.82, 2.24) is 4.90 Å². The van der Waals surface area contributed by atoms with Crippen molar-refractivity contribution in [2.75, 3.05) is 0 Å². The number of carbonyl (C=O) groups excluding carboxylic acids is 2. The van der Waals surface area contributed by atoms with Gasteiger partial charge in [0.1, 0.15) is 0 Å². The summed E-state index contributed by atoms with van der Waals surface area (Å²) in [5.74, 6) is -0.309. The lowest BCUT2D eigenvalue weighted by Crippen LogP contribution is -2.15. The number of thiophene rings is 2. The van der Waals surface area contributed by atoms with Crippen LogP contribution >= 0.6 is 22.7 Å². The average Bonchev–Trinajstić information content (AvgIpc) is 3.48. The van der Waals surface area contributed by atoms with Gasteiger partial charge < -0.3 is 4.90 Å². The van der Waals surface area contributed by atoms with E-state index in [1.165, 1.54) is 25.5 Å². The van der Waals surface area contributed by atoms with Gasteiger partial charge in [0.25, 0.3) is 0 Å². The standard InChI is InChI=1S/C23H15NO2S2/c25-21-15-3-1-2-4-16(15)22(26)18(21)10-13-5-6-14(9-13)24-11-19-17-7-8-27-23(17)28-20(19)12-24/h1-8,10H,9,11-12H2. The summed E-state index contributed by atoms with van der Waals surface area (Å²) in [7, 11) is 0. The molecule has 1 aliphatic heterocycles. The second-order valence-electron chi connectivity index (χ2n) is 7.32. The maximum Gasteiger partial charge on any atom is 0.197 e. The molecule has 136 valence electrons. The first-order chi connectivity index (χ1) is 13.7. The molecule has 0 fully saturated rings. The highest BCUT2D eigenvalue weighted by Gasteiger charge is 2.33. The van der Waals surface area contributed by atoms with Crippen LogP contribution in [0, 0.1) is 0 Å². The molecule has 0 atom stereocenters. The summed E-state index contributed by atoms with van der Waals surface area (Å²) in [5, 5.41) is 3.57. The van der Waals surface area contributed by atoms with Crippen LogP contribution in [0.1, 0.15) is 37.6 Å². The lowest BCUT2D eigenvalue weighted by atomic mass is 10.1. The number of Topliss-reactive ketones (excluding diaryl/α,β-unsaturated/α-hetero) is 2. The highest BCUT2D eigenvalue weighted by atomic mass is 32.2. The van der Waals surface area contributed by atoms with Crippen molar-refractivity contribution in [1.29, 1.82) is 0 Å². The van der Waals surface area contributed by atoms with Crippen LogP contribution in [0.2, 0.25) is 0 Å². The molecule has 0 unspecified atom stereocenters. The molecule has 3 aromatic rings. The van der Waals surface area contributed by atoms with Gasteiger partial charge in [-0.2, -0.15) is 0 Å². The molecular formula is C23H15NO2S2. The van der Waals surface area contributed by atoms with Crippen molar-refractivity contribution in [3.8, 4) is 0 Å². The van der Waals surface area contributed by atoms with Crippen LogP contribution in [0.5, 0.6) is 0 Å². The van der Waals surface area contributed by atoms with Crippen molar-refractivity contribution in [2.24, 2.45) is 0 Å². The Kier molecular flexibility index (Phi) is 3.40. The van der Waals surface area contributed by atoms with E-state index in [4.69, 9.17) is 0 Å². The fraction of sp³-hybridized carbons (Fsp3) is 0.130. The van der Waals surface area contributed by atoms with E-state index in [0.717, 1.165) is 25.1 Å². The van der Waals surface area contributed by atoms with Gasteiger partial charge >= 0.3 is 0 Å². The number of ketones is 2. The lowest BCUT2D eigenvalue weighted by molar-refractivity contribution is 0.0988. The molecule has 0 N–H and O–H groups in total. The Morgan fingerprint density at radius 1 is 0.964 bits per heavy atom. The van der Waals surface area contributed by atoms with E-state index in [1.807, 2.05) is 28.7 Å². The molecule has 6 rings (SSSR count). The number of fused-ring (bicyclic) bond motifs is 4. The predicted molar refractivity (Wildman–Crippen MR) is 113 cm³/mol. The van der Waals surface area contributed by atoms with E-state index in [2.05, 4.69) is 22.4 Å². The highest BCUT2D eigenvalue weighted by Crippen LogP contribution is 2.42. The molecule has 0 radical (unpaired) electrons. The second-order valence-corrected chi connectivity index (χ2v) is 9.60. The summed E-state index contributed by atoms with van der Waals surface area (Å²) in [6, 6.07) is 9.30. The Balaban J connectivity index is 1.21. The zero-order valence-electron chi connectivity index (χ0n) is 14.9. The van der Waals surface area contributed by atoms with Gasteiger partial charge in [0.05, 0.1) is 16.1 Å². The topological polar surface area (TPSA) is 37.4 Å². The van der Waals surface area contributed by atoms with Gasteiger partial charge in [-0.3, -0.25) is 9.59 Å². The molecule has 3 nitrogen and oxygen atoms in total. The van der Waals surface area contributed by atoms with E-state index < -0.39 is 0 Å². The van der Waals surface area contributed by atoms with Crippen molar-refractivity contribution in [3.63, 3.8) is 0 Å². The van der Waals surface area contributed by atoms with Crippen LogP contribution in [0.25, 0.3) is 9.40 Å². The molecule has 2 aromatic heterocycles. The maximum absolute atomic E-state index is 12.6. The zero-order chi connectivity index (χ0) is 18.8. The Bertz CT molecular complexity index is 1250. The SMILES string of the molecule is O=C1C(=CC2=CC=C(N3Cc4sc5sccc5c4C3)C2)C(=O)c2ccccc21. The number of rotatable bonds is 2. The molecule has 3 aliphatic rings. The number of allylic oxidation sites excluding steroid dienone is 5. The van der Waals surface area contributed by atoms with Crippen molar-refractivity contribution < 1.29 is 9.59 Å². The third kappa shape index (κ3) is 2.26. The average molecular weight is 402 g/mol. The molecule has 0 amide bonds. The Hall–Kier alpha value is -2.76. The summed E-state index contributed by atoms with van der Waals surface area (Å²) < 4.78 is 1.42. The van der Waals surface area contributed by atoms with Gasteiger partial charge in [0, 0.05) is 40.1 Å². The molecule has 3 heterocycles. The Labute approximate surface area is 169 Å². The van der Waals surface area contributed by atoms with Crippen LogP contribution in [0.4, 0.5) is 0 Å². The predicted octanol–water partition coefficient (Wildman–Crippen LogP) is 5.50. The molecule has 0 bridgehead atoms. The van der Waals surface area contributed by atoms with Gasteiger partial charge in [-0.15, -0.1) is 22.7 Å². The maximum atomic E-state index is 12.6. The largest absolute Gasteiger partial charge is 0.365 e. The molecular weight excluding hydrogens is 386 g/mol. The fourth-order valence-corrected chi connectivity index (χ4v) is 6.63. The summed E-state index contributed by atoms with van der Waals surface area (Å²) in [4.78, 5) is 29.1. The van der Waals surface area contributed by atoms with E-state index in [9.17, 15) is 9.59 Å². The van der Waals surface area contributed by atoms with Gasteiger partial charge in [-0.1, -0.05) is 30.3 Å². The van der Waals surface area contributed by atoms with Crippen molar-refractivity contribution >= 4 is 43.6 Å². The second kappa shape index (κ2) is 5.87. The molecule has 0 saturated heterocycles. The summed E-state index contributed by atoms with van der Waals surface area (Å²) >= 11 is 3.73. The zero-order valence-corrected chi connectivity index (χ0v) is 16.5. The first-order valence-corrected chi connectivity index (χ1v) is 10.9. The Morgan fingerprint density at radius 2 is 1.75 bits per heavy atom. The molecule has 0 spiro atoms. The van der Waals surface area contributed by atoms with Gasteiger partial charge in [-0.25, -0.2) is 0 Å². The first-order valence-electron chi connectivity index (χ1n) is 9.21. The fourth-order valence-electron chi connectivity index (χ4n) is 4.28. The normalized spacial score (nSPS) is 18.0. The van der Waals surface area contributed by atoms with Gasteiger partial charge in [-0.05, 0) is 34.7 Å². The van der Waals surface area contributed by atoms with Crippen LogP contribution in [0.15, 0.2) is 70.8 Å². The number of nitrogens with zero attached hydrogens (tertiary/aromatic N) is 1. The summed E-state index contributed by atoms with van der Waals surface area (Å²) in [6.07, 6.45) is 6.72. The smallest absolute Gasteiger partial charge is 0.197 e. The molecule has 0 saturated carbocycles. The van der Waals surface area contributed by atoms with Gasteiger partial charge in [0.15, 0.2) is 11.6 Å². The van der Waals surface area contributed by atoms with E-state index >= 15 is 0 Å². The third-order valence-electron chi connectivity index (χ3n) is 5.71. The van der Waals surface area contributed by atoms with E-state index in [1.54, 1.807) is 30.3 Å². The summed E-state index contributed by atoms with van der Waals surface area (Å²) in [6.45, 7) is 1.90. The van der Waals surface area contributed by atoms with Crippen molar-refractivity contribution in [2.45, 2.75) is 19.5 Å². The minimum Gasteiger partial charge on any atom is -0.365 e. The quantitative estimate of drug-likeness (QED) is 0.420. The van der Waals surface area contributed by atoms with Crippen LogP contribution in [-0.2, 0) is 13.1 Å². The number of hydrogen-bond acceptors (Lipinski definition) is 5. The van der Waals surface area contributed by atoms with E-state index in [-0.39, 0.29) is 11.6 Å². The number of carbonyl (C=O) groups is 2. The van der Waals surface area contributed by atoms with Gasteiger partial charge in [0.2, 0.25) is 0 Å². The minimum atomic E-state index is -0.154. The van der Waals surface area contributed by atoms with Crippen LogP contribution in [-0.4, -0.2) is 16.5 Å². The highest BCUT2D eigenvalue weighted by molar-refractivity contribution is 7.37. The first kappa shape index (κ1) is 16.2. The lowest BCUT2D eigenvalue weighted by Gasteiger charge is -2.19. The van der Waals surface area contributed by atoms with Crippen LogP contribution < -0.4 is 0 Å². The number of hydrogen-bond donors (Lipinski definition) is 0. The molecule has 5 heteroatoms. The number of benzene rings is 1. The van der Waals surface area contributed by atoms with E-state index in [0.29, 0.717) is 16.7 Å². The Morgan fingerprint density at radius 3 is 2.54 bits per heavy atom. The minimum absolute atomic E-state index is 0.154. The molecule has 28 heavy (non-hydrogen) atoms. The van der Waals surface area contributed by atoms with Crippen molar-refractivity contribution in [3.05, 3.63) is 92.4 Å². The summed E-state index contributed by atoms with van der Waals surface area (Å²) in [5.41, 5.74) is 5.08. The molecule has 1 aromatic carbocycles. The third-order valence-corrected chi connectivity index (χ3v) is 7.98.